The standard InChI is InChI=1S/C17H19N3O6/c1-3-24-13-7-5-4-6-12(13)17(23)18-9-16(22)25-10-15(21)19-14-8-11(2)26-20-14/h4-8H,3,9-10H2,1-2H3,(H,18,23)(H,19,20,21). The SMILES string of the molecule is CCOc1ccccc1C(=O)NCC(=O)OCC(=O)Nc1cc(C)on1. The normalized spacial score (nSPS) is 10.1. The molecule has 0 saturated heterocycles. The maximum Gasteiger partial charge on any atom is 0.325 e. The third-order valence-corrected chi connectivity index (χ3v) is 3.08. The van der Waals surface area contributed by atoms with Gasteiger partial charge in [0.2, 0.25) is 0 Å². The number of ether oxygens (including phenoxy) is 2. The van der Waals surface area contributed by atoms with E-state index in [9.17, 15) is 14.4 Å². The van der Waals surface area contributed by atoms with Gasteiger partial charge in [-0.25, -0.2) is 0 Å². The van der Waals surface area contributed by atoms with Crippen LogP contribution in [0.25, 0.3) is 0 Å². The van der Waals surface area contributed by atoms with E-state index in [2.05, 4.69) is 15.8 Å². The molecule has 0 aliphatic rings. The number of nitrogens with one attached hydrogen (secondary N) is 2. The second-order valence-electron chi connectivity index (χ2n) is 5.14. The molecular formula is C17H19N3O6. The summed E-state index contributed by atoms with van der Waals surface area (Å²) in [5.41, 5.74) is 0.307. The molecule has 0 radical (unpaired) electrons. The van der Waals surface area contributed by atoms with Crippen LogP contribution in [0.1, 0.15) is 23.0 Å². The maximum atomic E-state index is 12.1. The van der Waals surface area contributed by atoms with E-state index in [0.717, 1.165) is 0 Å². The summed E-state index contributed by atoms with van der Waals surface area (Å²) in [6.45, 7) is 3.00. The number of amides is 2. The van der Waals surface area contributed by atoms with Gasteiger partial charge in [-0.2, -0.15) is 0 Å². The fourth-order valence-electron chi connectivity index (χ4n) is 1.98. The van der Waals surface area contributed by atoms with Gasteiger partial charge in [-0.3, -0.25) is 14.4 Å². The Morgan fingerprint density at radius 2 is 2.00 bits per heavy atom. The van der Waals surface area contributed by atoms with Gasteiger partial charge < -0.3 is 24.6 Å². The minimum Gasteiger partial charge on any atom is -0.493 e. The Morgan fingerprint density at radius 1 is 1.23 bits per heavy atom. The second kappa shape index (κ2) is 9.21. The molecule has 1 heterocycles. The summed E-state index contributed by atoms with van der Waals surface area (Å²) in [4.78, 5) is 35.4. The Balaban J connectivity index is 1.76. The van der Waals surface area contributed by atoms with Crippen molar-refractivity contribution in [3.63, 3.8) is 0 Å². The lowest BCUT2D eigenvalue weighted by molar-refractivity contribution is -0.146. The molecular weight excluding hydrogens is 342 g/mol. The van der Waals surface area contributed by atoms with Crippen molar-refractivity contribution < 1.29 is 28.4 Å². The number of rotatable bonds is 8. The summed E-state index contributed by atoms with van der Waals surface area (Å²) < 4.78 is 14.9. The van der Waals surface area contributed by atoms with Crippen LogP contribution in [0.5, 0.6) is 5.75 Å². The van der Waals surface area contributed by atoms with Crippen LogP contribution in [-0.4, -0.2) is 42.7 Å². The van der Waals surface area contributed by atoms with Crippen LogP contribution in [0.15, 0.2) is 34.9 Å². The highest BCUT2D eigenvalue weighted by Gasteiger charge is 2.14. The van der Waals surface area contributed by atoms with Crippen molar-refractivity contribution >= 4 is 23.6 Å². The first kappa shape index (κ1) is 19.0. The van der Waals surface area contributed by atoms with E-state index in [-0.39, 0.29) is 12.4 Å². The summed E-state index contributed by atoms with van der Waals surface area (Å²) in [6, 6.07) is 8.19. The Bertz CT molecular complexity index is 786. The third-order valence-electron chi connectivity index (χ3n) is 3.08. The van der Waals surface area contributed by atoms with Gasteiger partial charge in [-0.05, 0) is 26.0 Å². The van der Waals surface area contributed by atoms with Gasteiger partial charge in [-0.15, -0.1) is 0 Å². The van der Waals surface area contributed by atoms with Crippen molar-refractivity contribution in [2.45, 2.75) is 13.8 Å². The topological polar surface area (TPSA) is 120 Å². The predicted octanol–water partition coefficient (Wildman–Crippen LogP) is 1.29. The van der Waals surface area contributed by atoms with Crippen molar-refractivity contribution in [3.8, 4) is 5.75 Å². The van der Waals surface area contributed by atoms with Crippen molar-refractivity contribution in [1.29, 1.82) is 0 Å². The van der Waals surface area contributed by atoms with E-state index in [1.165, 1.54) is 6.07 Å². The minimum absolute atomic E-state index is 0.226. The maximum absolute atomic E-state index is 12.1. The van der Waals surface area contributed by atoms with Gasteiger partial charge in [0.25, 0.3) is 11.8 Å². The van der Waals surface area contributed by atoms with Gasteiger partial charge in [0.1, 0.15) is 18.1 Å². The van der Waals surface area contributed by atoms with Crippen LogP contribution >= 0.6 is 0 Å². The number of aromatic nitrogens is 1. The lowest BCUT2D eigenvalue weighted by Crippen LogP contribution is -2.32. The number of nitrogens with zero attached hydrogens (tertiary/aromatic N) is 1. The summed E-state index contributed by atoms with van der Waals surface area (Å²) >= 11 is 0. The number of anilines is 1. The van der Waals surface area contributed by atoms with Crippen LogP contribution in [0, 0.1) is 6.92 Å². The number of hydrogen-bond donors (Lipinski definition) is 2. The second-order valence-corrected chi connectivity index (χ2v) is 5.14. The average Bonchev–Trinajstić information content (AvgIpc) is 3.03. The molecule has 0 atom stereocenters. The first-order chi connectivity index (χ1) is 12.5. The summed E-state index contributed by atoms with van der Waals surface area (Å²) in [6.07, 6.45) is 0. The smallest absolute Gasteiger partial charge is 0.325 e. The average molecular weight is 361 g/mol. The van der Waals surface area contributed by atoms with E-state index in [1.807, 2.05) is 0 Å². The minimum atomic E-state index is -0.751. The Labute approximate surface area is 149 Å². The summed E-state index contributed by atoms with van der Waals surface area (Å²) in [5.74, 6) is -0.619. The molecule has 0 fully saturated rings. The number of carbonyl (C=O) groups excluding carboxylic acids is 3. The molecule has 9 nitrogen and oxygen atoms in total. The predicted molar refractivity (Wildman–Crippen MR) is 90.8 cm³/mol. The molecule has 138 valence electrons. The molecule has 2 N–H and O–H groups in total. The Kier molecular flexibility index (Phi) is 6.72. The molecule has 9 heteroatoms. The number of aryl methyl sites for hydroxylation is 1. The molecule has 0 aliphatic carbocycles. The highest BCUT2D eigenvalue weighted by atomic mass is 16.5. The quantitative estimate of drug-likeness (QED) is 0.680. The summed E-state index contributed by atoms with van der Waals surface area (Å²) in [5, 5.41) is 8.41. The van der Waals surface area contributed by atoms with Crippen LogP contribution in [0.3, 0.4) is 0 Å². The van der Waals surface area contributed by atoms with Gasteiger partial charge in [0, 0.05) is 6.07 Å². The van der Waals surface area contributed by atoms with E-state index >= 15 is 0 Å². The molecule has 1 aromatic heterocycles. The number of hydrogen-bond acceptors (Lipinski definition) is 7. The highest BCUT2D eigenvalue weighted by Crippen LogP contribution is 2.17. The van der Waals surface area contributed by atoms with Gasteiger partial charge >= 0.3 is 5.97 Å². The number of esters is 1. The molecule has 0 saturated carbocycles. The van der Waals surface area contributed by atoms with Gasteiger partial charge in [0.05, 0.1) is 12.2 Å². The monoisotopic (exact) mass is 361 g/mol. The van der Waals surface area contributed by atoms with Crippen LogP contribution in [0.4, 0.5) is 5.82 Å². The van der Waals surface area contributed by atoms with Gasteiger partial charge in [-0.1, -0.05) is 17.3 Å². The van der Waals surface area contributed by atoms with Crippen molar-refractivity contribution in [2.24, 2.45) is 0 Å². The lowest BCUT2D eigenvalue weighted by atomic mass is 10.2. The third kappa shape index (κ3) is 5.62. The Hall–Kier alpha value is -3.36. The molecule has 2 aromatic rings. The molecule has 0 aliphatic heterocycles. The first-order valence-electron chi connectivity index (χ1n) is 7.88. The zero-order valence-electron chi connectivity index (χ0n) is 14.4. The molecule has 0 spiro atoms. The van der Waals surface area contributed by atoms with E-state index in [4.69, 9.17) is 14.0 Å². The zero-order valence-corrected chi connectivity index (χ0v) is 14.4. The van der Waals surface area contributed by atoms with Crippen LogP contribution < -0.4 is 15.4 Å². The molecule has 2 rings (SSSR count). The van der Waals surface area contributed by atoms with Crippen LogP contribution in [-0.2, 0) is 14.3 Å². The van der Waals surface area contributed by atoms with Crippen molar-refractivity contribution in [3.05, 3.63) is 41.7 Å². The van der Waals surface area contributed by atoms with Crippen molar-refractivity contribution in [2.75, 3.05) is 25.1 Å². The van der Waals surface area contributed by atoms with Crippen molar-refractivity contribution in [1.82, 2.24) is 10.5 Å². The Morgan fingerprint density at radius 3 is 2.69 bits per heavy atom. The molecule has 26 heavy (non-hydrogen) atoms. The number of para-hydroxylation sites is 1. The summed E-state index contributed by atoms with van der Waals surface area (Å²) in [7, 11) is 0. The molecule has 1 aromatic carbocycles. The lowest BCUT2D eigenvalue weighted by Gasteiger charge is -2.10. The zero-order chi connectivity index (χ0) is 18.9. The number of carbonyl (C=O) groups is 3. The molecule has 0 unspecified atom stereocenters. The van der Waals surface area contributed by atoms with Gasteiger partial charge in [0.15, 0.2) is 12.4 Å². The highest BCUT2D eigenvalue weighted by molar-refractivity contribution is 5.98. The number of benzene rings is 1. The fraction of sp³-hybridized carbons (Fsp3) is 0.294. The first-order valence-corrected chi connectivity index (χ1v) is 7.88. The van der Waals surface area contributed by atoms with E-state index in [1.54, 1.807) is 38.1 Å². The largest absolute Gasteiger partial charge is 0.493 e. The molecule has 0 bridgehead atoms. The van der Waals surface area contributed by atoms with E-state index in [0.29, 0.717) is 23.7 Å². The van der Waals surface area contributed by atoms with Crippen LogP contribution in [0.2, 0.25) is 0 Å². The fourth-order valence-corrected chi connectivity index (χ4v) is 1.98. The van der Waals surface area contributed by atoms with E-state index < -0.39 is 24.4 Å². The molecule has 2 amide bonds.